The molecule has 7 heteroatoms. The van der Waals surface area contributed by atoms with Gasteiger partial charge >= 0.3 is 0 Å². The van der Waals surface area contributed by atoms with E-state index in [1.54, 1.807) is 6.07 Å². The number of para-hydroxylation sites is 1. The van der Waals surface area contributed by atoms with Gasteiger partial charge in [0.2, 0.25) is 0 Å². The van der Waals surface area contributed by atoms with Crippen LogP contribution in [0.3, 0.4) is 0 Å². The molecule has 1 aliphatic heterocycles. The molecule has 1 aromatic carbocycles. The quantitative estimate of drug-likeness (QED) is 0.910. The molecule has 0 radical (unpaired) electrons. The minimum Gasteiger partial charge on any atom is -0.314 e. The third-order valence-corrected chi connectivity index (χ3v) is 5.51. The van der Waals surface area contributed by atoms with Crippen LogP contribution < -0.4 is 5.32 Å². The summed E-state index contributed by atoms with van der Waals surface area (Å²) in [5.41, 5.74) is 1.77. The van der Waals surface area contributed by atoms with Crippen LogP contribution >= 0.6 is 0 Å². The van der Waals surface area contributed by atoms with E-state index in [0.717, 1.165) is 11.3 Å². The van der Waals surface area contributed by atoms with E-state index in [0.29, 0.717) is 26.2 Å². The standard InChI is InChI=1S/C14H18N4O2S/c1-12-4-2-3-5-13(12)18-14(6-7-16-18)21(19,20)17-10-8-15-9-11-17/h2-7,15H,8-11H2,1H3. The predicted octanol–water partition coefficient (Wildman–Crippen LogP) is 0.775. The zero-order valence-corrected chi connectivity index (χ0v) is 12.7. The lowest BCUT2D eigenvalue weighted by molar-refractivity contribution is 0.358. The first-order chi connectivity index (χ1) is 10.1. The molecule has 0 unspecified atom stereocenters. The summed E-state index contributed by atoms with van der Waals surface area (Å²) >= 11 is 0. The van der Waals surface area contributed by atoms with Crippen molar-refractivity contribution in [3.63, 3.8) is 0 Å². The van der Waals surface area contributed by atoms with Crippen LogP contribution in [0.2, 0.25) is 0 Å². The fourth-order valence-electron chi connectivity index (χ4n) is 2.49. The van der Waals surface area contributed by atoms with Crippen LogP contribution in [0.4, 0.5) is 0 Å². The third kappa shape index (κ3) is 2.59. The van der Waals surface area contributed by atoms with Gasteiger partial charge in [-0.05, 0) is 24.6 Å². The van der Waals surface area contributed by atoms with E-state index in [-0.39, 0.29) is 5.03 Å². The molecule has 0 amide bonds. The number of rotatable bonds is 3. The molecule has 0 atom stereocenters. The van der Waals surface area contributed by atoms with Crippen LogP contribution in [0.15, 0.2) is 41.6 Å². The van der Waals surface area contributed by atoms with Gasteiger partial charge in [0, 0.05) is 26.2 Å². The zero-order chi connectivity index (χ0) is 14.9. The zero-order valence-electron chi connectivity index (χ0n) is 11.9. The molecular weight excluding hydrogens is 288 g/mol. The van der Waals surface area contributed by atoms with Crippen molar-refractivity contribution >= 4 is 10.0 Å². The minimum absolute atomic E-state index is 0.221. The van der Waals surface area contributed by atoms with Crippen LogP contribution in [-0.4, -0.2) is 48.7 Å². The van der Waals surface area contributed by atoms with Gasteiger partial charge in [0.25, 0.3) is 10.0 Å². The molecule has 1 N–H and O–H groups in total. The highest BCUT2D eigenvalue weighted by atomic mass is 32.2. The highest BCUT2D eigenvalue weighted by Crippen LogP contribution is 2.21. The molecule has 0 spiro atoms. The number of sulfonamides is 1. The van der Waals surface area contributed by atoms with Gasteiger partial charge in [0.1, 0.15) is 0 Å². The Morgan fingerprint density at radius 2 is 1.86 bits per heavy atom. The molecule has 2 heterocycles. The van der Waals surface area contributed by atoms with Crippen molar-refractivity contribution < 1.29 is 8.42 Å². The molecule has 6 nitrogen and oxygen atoms in total. The second kappa shape index (κ2) is 5.59. The topological polar surface area (TPSA) is 67.2 Å². The largest absolute Gasteiger partial charge is 0.314 e. The molecule has 1 aliphatic rings. The number of aryl methyl sites for hydroxylation is 1. The maximum atomic E-state index is 12.8. The summed E-state index contributed by atoms with van der Waals surface area (Å²) in [6.07, 6.45) is 1.53. The van der Waals surface area contributed by atoms with Crippen molar-refractivity contribution in [1.29, 1.82) is 0 Å². The van der Waals surface area contributed by atoms with Gasteiger partial charge in [0.15, 0.2) is 5.03 Å². The van der Waals surface area contributed by atoms with Crippen LogP contribution in [0.1, 0.15) is 5.56 Å². The maximum absolute atomic E-state index is 12.8. The Morgan fingerprint density at radius 1 is 1.14 bits per heavy atom. The Hall–Kier alpha value is -1.70. The summed E-state index contributed by atoms with van der Waals surface area (Å²) in [6, 6.07) is 9.18. The monoisotopic (exact) mass is 306 g/mol. The van der Waals surface area contributed by atoms with Crippen LogP contribution in [0.5, 0.6) is 0 Å². The van der Waals surface area contributed by atoms with Crippen molar-refractivity contribution in [2.75, 3.05) is 26.2 Å². The molecule has 0 bridgehead atoms. The molecule has 2 aromatic rings. The fraction of sp³-hybridized carbons (Fsp3) is 0.357. The van der Waals surface area contributed by atoms with Crippen LogP contribution in [0, 0.1) is 6.92 Å². The number of benzene rings is 1. The first-order valence-corrected chi connectivity index (χ1v) is 8.35. The second-order valence-corrected chi connectivity index (χ2v) is 6.91. The molecule has 112 valence electrons. The number of nitrogens with one attached hydrogen (secondary N) is 1. The fourth-order valence-corrected chi connectivity index (χ4v) is 4.01. The first kappa shape index (κ1) is 14.2. The number of piperazine rings is 1. The summed E-state index contributed by atoms with van der Waals surface area (Å²) in [5.74, 6) is 0. The van der Waals surface area contributed by atoms with E-state index in [1.807, 2.05) is 31.2 Å². The molecule has 1 fully saturated rings. The minimum atomic E-state index is -3.52. The van der Waals surface area contributed by atoms with Crippen molar-refractivity contribution in [2.24, 2.45) is 0 Å². The molecule has 0 saturated carbocycles. The maximum Gasteiger partial charge on any atom is 0.260 e. The molecule has 3 rings (SSSR count). The molecule has 0 aliphatic carbocycles. The van der Waals surface area contributed by atoms with Crippen LogP contribution in [0.25, 0.3) is 5.69 Å². The van der Waals surface area contributed by atoms with E-state index < -0.39 is 10.0 Å². The van der Waals surface area contributed by atoms with Gasteiger partial charge in [0.05, 0.1) is 11.9 Å². The summed E-state index contributed by atoms with van der Waals surface area (Å²) < 4.78 is 28.6. The SMILES string of the molecule is Cc1ccccc1-n1nccc1S(=O)(=O)N1CCNCC1. The van der Waals surface area contributed by atoms with E-state index in [2.05, 4.69) is 10.4 Å². The number of hydrogen-bond acceptors (Lipinski definition) is 4. The van der Waals surface area contributed by atoms with Gasteiger partial charge in [-0.25, -0.2) is 13.1 Å². The van der Waals surface area contributed by atoms with Crippen molar-refractivity contribution in [3.05, 3.63) is 42.1 Å². The van der Waals surface area contributed by atoms with E-state index in [9.17, 15) is 8.42 Å². The molecular formula is C14H18N4O2S. The summed E-state index contributed by atoms with van der Waals surface area (Å²) in [5, 5.41) is 7.58. The lowest BCUT2D eigenvalue weighted by atomic mass is 10.2. The van der Waals surface area contributed by atoms with E-state index in [4.69, 9.17) is 0 Å². The predicted molar refractivity (Wildman–Crippen MR) is 79.9 cm³/mol. The Balaban J connectivity index is 2.05. The Bertz CT molecular complexity index is 733. The Kier molecular flexibility index (Phi) is 3.79. The average molecular weight is 306 g/mol. The number of aromatic nitrogens is 2. The Morgan fingerprint density at radius 3 is 2.57 bits per heavy atom. The Labute approximate surface area is 124 Å². The summed E-state index contributed by atoms with van der Waals surface area (Å²) in [4.78, 5) is 0. The van der Waals surface area contributed by atoms with E-state index in [1.165, 1.54) is 15.2 Å². The summed E-state index contributed by atoms with van der Waals surface area (Å²) in [6.45, 7) is 4.27. The van der Waals surface area contributed by atoms with Crippen molar-refractivity contribution in [2.45, 2.75) is 11.9 Å². The van der Waals surface area contributed by atoms with Gasteiger partial charge in [-0.2, -0.15) is 9.40 Å². The second-order valence-electron chi connectivity index (χ2n) is 5.02. The van der Waals surface area contributed by atoms with Gasteiger partial charge < -0.3 is 5.32 Å². The first-order valence-electron chi connectivity index (χ1n) is 6.91. The van der Waals surface area contributed by atoms with E-state index >= 15 is 0 Å². The lowest BCUT2D eigenvalue weighted by Gasteiger charge is -2.26. The normalized spacial score (nSPS) is 17.0. The highest BCUT2D eigenvalue weighted by molar-refractivity contribution is 7.89. The highest BCUT2D eigenvalue weighted by Gasteiger charge is 2.29. The van der Waals surface area contributed by atoms with Gasteiger partial charge in [-0.1, -0.05) is 18.2 Å². The number of hydrogen-bond donors (Lipinski definition) is 1. The molecule has 1 aromatic heterocycles. The molecule has 21 heavy (non-hydrogen) atoms. The van der Waals surface area contributed by atoms with Gasteiger partial charge in [-0.15, -0.1) is 0 Å². The lowest BCUT2D eigenvalue weighted by Crippen LogP contribution is -2.46. The molecule has 1 saturated heterocycles. The summed E-state index contributed by atoms with van der Waals surface area (Å²) in [7, 11) is -3.52. The average Bonchev–Trinajstić information content (AvgIpc) is 2.99. The van der Waals surface area contributed by atoms with Crippen LogP contribution in [-0.2, 0) is 10.0 Å². The van der Waals surface area contributed by atoms with Crippen molar-refractivity contribution in [3.8, 4) is 5.69 Å². The smallest absolute Gasteiger partial charge is 0.260 e. The third-order valence-electron chi connectivity index (χ3n) is 3.63. The van der Waals surface area contributed by atoms with Gasteiger partial charge in [-0.3, -0.25) is 0 Å². The number of nitrogens with zero attached hydrogens (tertiary/aromatic N) is 3. The van der Waals surface area contributed by atoms with Crippen molar-refractivity contribution in [1.82, 2.24) is 19.4 Å².